The number of carbonyl (C=O) groups is 3. The third kappa shape index (κ3) is 6.12. The van der Waals surface area contributed by atoms with E-state index in [2.05, 4.69) is 5.32 Å². The number of imide groups is 1. The zero-order valence-corrected chi connectivity index (χ0v) is 19.0. The number of aliphatic hydroxyl groups is 1. The van der Waals surface area contributed by atoms with Crippen LogP contribution < -0.4 is 10.1 Å². The first-order valence-corrected chi connectivity index (χ1v) is 11.3. The van der Waals surface area contributed by atoms with Gasteiger partial charge in [-0.25, -0.2) is 0 Å². The van der Waals surface area contributed by atoms with Crippen LogP contribution in [-0.2, 0) is 9.59 Å². The van der Waals surface area contributed by atoms with Gasteiger partial charge in [0.1, 0.15) is 12.3 Å². The Morgan fingerprint density at radius 1 is 1.27 bits per heavy atom. The smallest absolute Gasteiger partial charge is 0.294 e. The lowest BCUT2D eigenvalue weighted by Crippen LogP contribution is -2.36. The van der Waals surface area contributed by atoms with Gasteiger partial charge in [0.2, 0.25) is 5.91 Å². The van der Waals surface area contributed by atoms with Gasteiger partial charge in [0.25, 0.3) is 16.8 Å². The number of nitrogens with one attached hydrogen (secondary N) is 1. The lowest BCUT2D eigenvalue weighted by molar-refractivity contribution is -0.387. The van der Waals surface area contributed by atoms with Crippen LogP contribution >= 0.6 is 23.5 Å². The molecule has 0 aromatic heterocycles. The van der Waals surface area contributed by atoms with Gasteiger partial charge >= 0.3 is 0 Å². The molecule has 2 aromatic rings. The maximum absolute atomic E-state index is 12.7. The zero-order valence-electron chi connectivity index (χ0n) is 17.3. The molecular formula is C21H19N3O7S2. The monoisotopic (exact) mass is 489 g/mol. The Balaban J connectivity index is 1.71. The topological polar surface area (TPSA) is 139 Å². The first kappa shape index (κ1) is 24.3. The molecule has 1 aliphatic heterocycles. The second-order valence-corrected chi connectivity index (χ2v) is 8.73. The summed E-state index contributed by atoms with van der Waals surface area (Å²) in [7, 11) is 1.52. The van der Waals surface area contributed by atoms with Crippen LogP contribution in [-0.4, -0.2) is 58.0 Å². The van der Waals surface area contributed by atoms with Gasteiger partial charge in [-0.2, -0.15) is 0 Å². The van der Waals surface area contributed by atoms with Gasteiger partial charge < -0.3 is 15.2 Å². The number of amides is 3. The third-order valence-corrected chi connectivity index (χ3v) is 6.33. The summed E-state index contributed by atoms with van der Waals surface area (Å²) in [6, 6.07) is 11.0. The van der Waals surface area contributed by atoms with Gasteiger partial charge in [-0.15, -0.1) is 11.8 Å². The average Bonchev–Trinajstić information content (AvgIpc) is 3.05. The van der Waals surface area contributed by atoms with E-state index in [9.17, 15) is 24.5 Å². The van der Waals surface area contributed by atoms with E-state index in [1.165, 1.54) is 25.3 Å². The summed E-state index contributed by atoms with van der Waals surface area (Å²) < 4.78 is 5.05. The highest BCUT2D eigenvalue weighted by molar-refractivity contribution is 8.18. The molecule has 10 nitrogen and oxygen atoms in total. The molecule has 2 aromatic carbocycles. The molecule has 0 radical (unpaired) electrons. The minimum Gasteiger partial charge on any atom is -0.497 e. The summed E-state index contributed by atoms with van der Waals surface area (Å²) in [5.74, 6) is -0.289. The number of methoxy groups -OCH3 is 1. The molecule has 1 fully saturated rings. The fourth-order valence-corrected chi connectivity index (χ4v) is 4.45. The molecule has 33 heavy (non-hydrogen) atoms. The number of rotatable bonds is 9. The van der Waals surface area contributed by atoms with Crippen molar-refractivity contribution in [3.63, 3.8) is 0 Å². The summed E-state index contributed by atoms with van der Waals surface area (Å²) in [6.07, 6.45) is 1.37. The minimum atomic E-state index is -0.656. The van der Waals surface area contributed by atoms with Crippen molar-refractivity contribution < 1.29 is 29.2 Å². The summed E-state index contributed by atoms with van der Waals surface area (Å²) in [5.41, 5.74) is 0.679. The average molecular weight is 490 g/mol. The summed E-state index contributed by atoms with van der Waals surface area (Å²) in [5, 5.41) is 22.3. The standard InChI is InChI=1S/C21H19N3O7S2/c1-31-15-5-3-14(4-6-15)22-19(26)12-23-20(27)18(33-21(23)28)11-13-2-7-17(32-9-8-25)16(10-13)24(29)30/h2-7,10-11,25H,8-9,12H2,1H3,(H,22,26)/b18-11-. The second-order valence-electron chi connectivity index (χ2n) is 6.60. The molecule has 12 heteroatoms. The van der Waals surface area contributed by atoms with Gasteiger partial charge in [0.15, 0.2) is 0 Å². The molecule has 1 saturated heterocycles. The third-order valence-electron chi connectivity index (χ3n) is 4.38. The molecule has 0 aliphatic carbocycles. The van der Waals surface area contributed by atoms with Gasteiger partial charge in [-0.1, -0.05) is 6.07 Å². The number of hydrogen-bond acceptors (Lipinski definition) is 9. The number of thioether (sulfide) groups is 2. The van der Waals surface area contributed by atoms with Gasteiger partial charge in [0.05, 0.1) is 28.4 Å². The Hall–Kier alpha value is -3.35. The molecule has 0 unspecified atom stereocenters. The second kappa shape index (κ2) is 11.0. The highest BCUT2D eigenvalue weighted by Gasteiger charge is 2.36. The normalized spacial score (nSPS) is 14.6. The highest BCUT2D eigenvalue weighted by Crippen LogP contribution is 2.35. The fourth-order valence-electron chi connectivity index (χ4n) is 2.85. The van der Waals surface area contributed by atoms with Crippen molar-refractivity contribution in [2.75, 3.05) is 31.3 Å². The summed E-state index contributed by atoms with van der Waals surface area (Å²) in [4.78, 5) is 49.4. The Labute approximate surface area is 197 Å². The number of carbonyl (C=O) groups excluding carboxylic acids is 3. The first-order valence-electron chi connectivity index (χ1n) is 9.53. The number of benzene rings is 2. The van der Waals surface area contributed by atoms with Crippen molar-refractivity contribution in [1.29, 1.82) is 0 Å². The van der Waals surface area contributed by atoms with Crippen LogP contribution in [0.1, 0.15) is 5.56 Å². The lowest BCUT2D eigenvalue weighted by atomic mass is 10.2. The van der Waals surface area contributed by atoms with E-state index in [4.69, 9.17) is 9.84 Å². The number of aliphatic hydroxyl groups excluding tert-OH is 1. The van der Waals surface area contributed by atoms with Crippen molar-refractivity contribution in [2.45, 2.75) is 4.90 Å². The molecular weight excluding hydrogens is 470 g/mol. The molecule has 0 spiro atoms. The maximum Gasteiger partial charge on any atom is 0.294 e. The van der Waals surface area contributed by atoms with E-state index in [1.54, 1.807) is 30.3 Å². The van der Waals surface area contributed by atoms with E-state index < -0.39 is 28.5 Å². The van der Waals surface area contributed by atoms with Gasteiger partial charge in [-0.3, -0.25) is 29.4 Å². The number of nitro groups is 1. The molecule has 172 valence electrons. The molecule has 1 aliphatic rings. The van der Waals surface area contributed by atoms with Crippen LogP contribution in [0.15, 0.2) is 52.3 Å². The number of nitro benzene ring substituents is 1. The fraction of sp³-hybridized carbons (Fsp3) is 0.190. The van der Waals surface area contributed by atoms with Crippen molar-refractivity contribution >= 4 is 58.0 Å². The molecule has 1 heterocycles. The summed E-state index contributed by atoms with van der Waals surface area (Å²) >= 11 is 1.80. The predicted molar refractivity (Wildman–Crippen MR) is 125 cm³/mol. The minimum absolute atomic E-state index is 0.0577. The van der Waals surface area contributed by atoms with E-state index >= 15 is 0 Å². The molecule has 2 N–H and O–H groups in total. The Morgan fingerprint density at radius 3 is 2.64 bits per heavy atom. The van der Waals surface area contributed by atoms with Crippen molar-refractivity contribution in [1.82, 2.24) is 4.90 Å². The SMILES string of the molecule is COc1ccc(NC(=O)CN2C(=O)S/C(=C\c3ccc(SCCO)c([N+](=O)[O-])c3)C2=O)cc1. The molecule has 3 rings (SSSR count). The van der Waals surface area contributed by atoms with Crippen LogP contribution in [0.5, 0.6) is 5.75 Å². The molecule has 3 amide bonds. The van der Waals surface area contributed by atoms with Crippen LogP contribution in [0.4, 0.5) is 16.2 Å². The lowest BCUT2D eigenvalue weighted by Gasteiger charge is -2.12. The number of anilines is 1. The van der Waals surface area contributed by atoms with E-state index in [0.717, 1.165) is 16.7 Å². The maximum atomic E-state index is 12.7. The van der Waals surface area contributed by atoms with E-state index in [1.807, 2.05) is 0 Å². The number of hydrogen-bond donors (Lipinski definition) is 2. The number of ether oxygens (including phenoxy) is 1. The molecule has 0 atom stereocenters. The van der Waals surface area contributed by atoms with E-state index in [-0.39, 0.29) is 17.2 Å². The molecule has 0 bridgehead atoms. The van der Waals surface area contributed by atoms with Crippen molar-refractivity contribution in [3.8, 4) is 5.75 Å². The number of nitrogens with zero attached hydrogens (tertiary/aromatic N) is 2. The van der Waals surface area contributed by atoms with Crippen LogP contribution in [0.2, 0.25) is 0 Å². The van der Waals surface area contributed by atoms with Crippen molar-refractivity contribution in [3.05, 3.63) is 63.0 Å². The van der Waals surface area contributed by atoms with Gasteiger partial charge in [0, 0.05) is 17.5 Å². The van der Waals surface area contributed by atoms with Gasteiger partial charge in [-0.05, 0) is 53.7 Å². The Morgan fingerprint density at radius 2 is 2.00 bits per heavy atom. The quantitative estimate of drug-likeness (QED) is 0.235. The Bertz CT molecular complexity index is 1120. The molecule has 0 saturated carbocycles. The first-order chi connectivity index (χ1) is 15.8. The van der Waals surface area contributed by atoms with Crippen LogP contribution in [0, 0.1) is 10.1 Å². The van der Waals surface area contributed by atoms with E-state index in [0.29, 0.717) is 39.4 Å². The largest absolute Gasteiger partial charge is 0.497 e. The highest BCUT2D eigenvalue weighted by atomic mass is 32.2. The predicted octanol–water partition coefficient (Wildman–Crippen LogP) is 3.36. The summed E-state index contributed by atoms with van der Waals surface area (Å²) in [6.45, 7) is -0.590. The Kier molecular flexibility index (Phi) is 8.09. The zero-order chi connectivity index (χ0) is 24.0. The van der Waals surface area contributed by atoms with Crippen LogP contribution in [0.3, 0.4) is 0 Å². The van der Waals surface area contributed by atoms with Crippen molar-refractivity contribution in [2.24, 2.45) is 0 Å². The van der Waals surface area contributed by atoms with Crippen LogP contribution in [0.25, 0.3) is 6.08 Å².